The zero-order chi connectivity index (χ0) is 23.4. The zero-order valence-corrected chi connectivity index (χ0v) is 20.3. The number of methoxy groups -OCH3 is 1. The molecule has 2 aromatic heterocycles. The van der Waals surface area contributed by atoms with Crippen molar-refractivity contribution >= 4 is 57.5 Å². The van der Waals surface area contributed by atoms with E-state index in [9.17, 15) is 9.59 Å². The number of hydrogen-bond acceptors (Lipinski definition) is 10. The van der Waals surface area contributed by atoms with Gasteiger partial charge in [0.05, 0.1) is 18.4 Å². The summed E-state index contributed by atoms with van der Waals surface area (Å²) in [5.74, 6) is 1.38. The number of nitrogens with one attached hydrogen (secondary N) is 1. The van der Waals surface area contributed by atoms with Gasteiger partial charge >= 0.3 is 0 Å². The summed E-state index contributed by atoms with van der Waals surface area (Å²) in [4.78, 5) is 28.9. The number of halogens is 1. The molecule has 3 aromatic rings. The van der Waals surface area contributed by atoms with Gasteiger partial charge in [0.15, 0.2) is 10.2 Å². The van der Waals surface area contributed by atoms with Crippen LogP contribution in [0.15, 0.2) is 33.1 Å². The quantitative estimate of drug-likeness (QED) is 0.480. The van der Waals surface area contributed by atoms with Crippen LogP contribution in [-0.4, -0.2) is 71.1 Å². The Hall–Kier alpha value is -2.83. The van der Waals surface area contributed by atoms with Gasteiger partial charge in [0.2, 0.25) is 11.0 Å². The van der Waals surface area contributed by atoms with Gasteiger partial charge in [0.1, 0.15) is 11.5 Å². The highest BCUT2D eigenvalue weighted by Crippen LogP contribution is 2.29. The average molecular weight is 509 g/mol. The van der Waals surface area contributed by atoms with Gasteiger partial charge in [0.25, 0.3) is 5.91 Å². The lowest BCUT2D eigenvalue weighted by atomic mass is 10.1. The maximum absolute atomic E-state index is 13.0. The van der Waals surface area contributed by atoms with Crippen molar-refractivity contribution in [2.75, 3.05) is 49.3 Å². The molecule has 0 spiro atoms. The summed E-state index contributed by atoms with van der Waals surface area (Å²) in [6.07, 6.45) is 0. The number of rotatable bonds is 7. The first kappa shape index (κ1) is 23.3. The minimum absolute atomic E-state index is 0.115. The van der Waals surface area contributed by atoms with Gasteiger partial charge in [0, 0.05) is 37.3 Å². The van der Waals surface area contributed by atoms with Crippen LogP contribution >= 0.6 is 34.7 Å². The molecule has 0 atom stereocenters. The minimum atomic E-state index is -0.200. The Morgan fingerprint density at radius 1 is 1.24 bits per heavy atom. The molecule has 0 unspecified atom stereocenters. The van der Waals surface area contributed by atoms with Crippen molar-refractivity contribution in [2.45, 2.75) is 11.3 Å². The number of piperazine rings is 1. The Bertz CT molecular complexity index is 1150. The summed E-state index contributed by atoms with van der Waals surface area (Å²) in [6, 6.07) is 6.67. The molecule has 4 rings (SSSR count). The molecule has 1 N–H and O–H groups in total. The number of thioether (sulfide) groups is 1. The number of benzene rings is 1. The number of carbonyl (C=O) groups excluding carboxylic acids is 2. The summed E-state index contributed by atoms with van der Waals surface area (Å²) >= 11 is 8.79. The normalized spacial score (nSPS) is 13.8. The molecular formula is C20H21ClN6O4S2. The molecule has 13 heteroatoms. The van der Waals surface area contributed by atoms with Crippen LogP contribution in [0.1, 0.15) is 16.1 Å². The zero-order valence-electron chi connectivity index (χ0n) is 17.9. The summed E-state index contributed by atoms with van der Waals surface area (Å²) in [7, 11) is 1.53. The van der Waals surface area contributed by atoms with Crippen molar-refractivity contribution in [3.63, 3.8) is 0 Å². The van der Waals surface area contributed by atoms with Gasteiger partial charge in [-0.25, -0.2) is 0 Å². The van der Waals surface area contributed by atoms with Crippen LogP contribution in [0.2, 0.25) is 5.02 Å². The monoisotopic (exact) mass is 508 g/mol. The van der Waals surface area contributed by atoms with Crippen molar-refractivity contribution in [3.05, 3.63) is 40.6 Å². The van der Waals surface area contributed by atoms with E-state index in [-0.39, 0.29) is 17.6 Å². The fourth-order valence-corrected chi connectivity index (χ4v) is 5.10. The average Bonchev–Trinajstić information content (AvgIpc) is 3.46. The predicted octanol–water partition coefficient (Wildman–Crippen LogP) is 3.19. The van der Waals surface area contributed by atoms with E-state index >= 15 is 0 Å². The molecule has 10 nitrogen and oxygen atoms in total. The lowest BCUT2D eigenvalue weighted by Crippen LogP contribution is -2.48. The summed E-state index contributed by atoms with van der Waals surface area (Å²) in [5.41, 5.74) is 0.451. The van der Waals surface area contributed by atoms with E-state index in [4.69, 9.17) is 20.9 Å². The number of aromatic nitrogens is 3. The lowest BCUT2D eigenvalue weighted by molar-refractivity contribution is -0.113. The van der Waals surface area contributed by atoms with Crippen LogP contribution in [0.25, 0.3) is 0 Å². The Balaban J connectivity index is 1.28. The van der Waals surface area contributed by atoms with E-state index in [2.05, 4.69) is 25.6 Å². The molecule has 0 bridgehead atoms. The van der Waals surface area contributed by atoms with Crippen molar-refractivity contribution in [2.24, 2.45) is 0 Å². The van der Waals surface area contributed by atoms with Gasteiger partial charge in [-0.05, 0) is 25.1 Å². The van der Waals surface area contributed by atoms with Crippen LogP contribution in [0.3, 0.4) is 0 Å². The lowest BCUT2D eigenvalue weighted by Gasteiger charge is -2.34. The van der Waals surface area contributed by atoms with Crippen LogP contribution in [0, 0.1) is 6.92 Å². The Kier molecular flexibility index (Phi) is 7.36. The number of hydrogen-bond donors (Lipinski definition) is 1. The van der Waals surface area contributed by atoms with Gasteiger partial charge < -0.3 is 24.4 Å². The minimum Gasteiger partial charge on any atom is -0.496 e. The smallest absolute Gasteiger partial charge is 0.257 e. The van der Waals surface area contributed by atoms with Gasteiger partial charge in [-0.15, -0.1) is 10.2 Å². The summed E-state index contributed by atoms with van der Waals surface area (Å²) < 4.78 is 10.9. The highest BCUT2D eigenvalue weighted by Gasteiger charge is 2.26. The molecule has 33 heavy (non-hydrogen) atoms. The van der Waals surface area contributed by atoms with Crippen molar-refractivity contribution in [1.29, 1.82) is 0 Å². The van der Waals surface area contributed by atoms with Crippen LogP contribution in [0.5, 0.6) is 5.75 Å². The molecule has 1 aliphatic heterocycles. The first-order valence-electron chi connectivity index (χ1n) is 10.00. The van der Waals surface area contributed by atoms with E-state index in [0.29, 0.717) is 58.4 Å². The molecular weight excluding hydrogens is 488 g/mol. The largest absolute Gasteiger partial charge is 0.496 e. The third-order valence-corrected chi connectivity index (χ3v) is 7.20. The van der Waals surface area contributed by atoms with Crippen molar-refractivity contribution in [3.8, 4) is 5.75 Å². The highest BCUT2D eigenvalue weighted by atomic mass is 35.5. The van der Waals surface area contributed by atoms with Gasteiger partial charge in [-0.3, -0.25) is 9.59 Å². The number of carbonyl (C=O) groups is 2. The van der Waals surface area contributed by atoms with Gasteiger partial charge in [-0.1, -0.05) is 39.9 Å². The topological polar surface area (TPSA) is 114 Å². The second-order valence-electron chi connectivity index (χ2n) is 7.13. The second-order valence-corrected chi connectivity index (χ2v) is 9.75. The maximum Gasteiger partial charge on any atom is 0.257 e. The molecule has 0 aliphatic carbocycles. The number of amides is 2. The third kappa shape index (κ3) is 5.75. The molecule has 174 valence electrons. The van der Waals surface area contributed by atoms with Crippen molar-refractivity contribution < 1.29 is 18.8 Å². The first-order valence-corrected chi connectivity index (χ1v) is 12.2. The third-order valence-electron chi connectivity index (χ3n) is 4.85. The molecule has 1 fully saturated rings. The van der Waals surface area contributed by atoms with Gasteiger partial charge in [-0.2, -0.15) is 0 Å². The SMILES string of the molecule is COc1ccc(Cl)cc1C(=O)N1CCN(c2nnc(SCC(=O)Nc3cc(C)on3)s2)CC1. The van der Waals surface area contributed by atoms with Crippen LogP contribution in [-0.2, 0) is 4.79 Å². The van der Waals surface area contributed by atoms with Crippen molar-refractivity contribution in [1.82, 2.24) is 20.3 Å². The predicted molar refractivity (Wildman–Crippen MR) is 127 cm³/mol. The van der Waals surface area contributed by atoms with Crippen LogP contribution < -0.4 is 15.0 Å². The fraction of sp³-hybridized carbons (Fsp3) is 0.350. The molecule has 3 heterocycles. The van der Waals surface area contributed by atoms with E-state index in [1.54, 1.807) is 36.1 Å². The van der Waals surface area contributed by atoms with Crippen LogP contribution in [0.4, 0.5) is 10.9 Å². The summed E-state index contributed by atoms with van der Waals surface area (Å²) in [5, 5.41) is 16.1. The highest BCUT2D eigenvalue weighted by molar-refractivity contribution is 8.01. The molecule has 1 aromatic carbocycles. The van der Waals surface area contributed by atoms with E-state index in [1.165, 1.54) is 30.2 Å². The Morgan fingerprint density at radius 3 is 2.73 bits per heavy atom. The first-order chi connectivity index (χ1) is 15.9. The second kappa shape index (κ2) is 10.4. The number of anilines is 2. The van der Waals surface area contributed by atoms with E-state index < -0.39 is 0 Å². The number of nitrogens with zero attached hydrogens (tertiary/aromatic N) is 5. The fourth-order valence-electron chi connectivity index (χ4n) is 3.24. The molecule has 1 saturated heterocycles. The Morgan fingerprint density at radius 2 is 2.03 bits per heavy atom. The molecule has 1 aliphatic rings. The number of aryl methyl sites for hydroxylation is 1. The Labute approximate surface area is 203 Å². The van der Waals surface area contributed by atoms with E-state index in [1.807, 2.05) is 0 Å². The molecule has 2 amide bonds. The summed E-state index contributed by atoms with van der Waals surface area (Å²) in [6.45, 7) is 4.08. The molecule has 0 saturated carbocycles. The standard InChI is InChI=1S/C20H21ClN6O4S2/c1-12-9-16(25-31-12)22-17(28)11-32-20-24-23-19(33-20)27-7-5-26(6-8-27)18(29)14-10-13(21)3-4-15(14)30-2/h3-4,9-10H,5-8,11H2,1-2H3,(H,22,25,28). The number of ether oxygens (including phenoxy) is 1. The maximum atomic E-state index is 13.0. The van der Waals surface area contributed by atoms with E-state index in [0.717, 1.165) is 5.13 Å². The molecule has 0 radical (unpaired) electrons.